The summed E-state index contributed by atoms with van der Waals surface area (Å²) in [7, 11) is 0. The standard InChI is InChI=1S/C9H9ClNO2/c1-6(13-9(11)12)7-4-2-3-5-8(7)10/h2-6H,1H2,(H2,11,12)/t6-/m1/s1. The van der Waals surface area contributed by atoms with Gasteiger partial charge in [-0.25, -0.2) is 4.79 Å². The van der Waals surface area contributed by atoms with Gasteiger partial charge < -0.3 is 10.5 Å². The van der Waals surface area contributed by atoms with Crippen LogP contribution in [0.3, 0.4) is 0 Å². The molecule has 0 aliphatic carbocycles. The van der Waals surface area contributed by atoms with Gasteiger partial charge in [0.05, 0.1) is 0 Å². The number of hydrogen-bond donors (Lipinski definition) is 1. The minimum absolute atomic E-state index is 0.503. The molecule has 1 aromatic rings. The Morgan fingerprint density at radius 1 is 1.54 bits per heavy atom. The molecule has 0 aliphatic heterocycles. The average molecular weight is 199 g/mol. The highest BCUT2D eigenvalue weighted by atomic mass is 35.5. The van der Waals surface area contributed by atoms with Crippen LogP contribution in [0.2, 0.25) is 5.02 Å². The Kier molecular flexibility index (Phi) is 3.14. The number of primary amides is 1. The van der Waals surface area contributed by atoms with Crippen molar-refractivity contribution in [3.05, 3.63) is 41.8 Å². The molecular formula is C9H9ClNO2. The van der Waals surface area contributed by atoms with Crippen LogP contribution in [-0.4, -0.2) is 6.09 Å². The molecule has 1 radical (unpaired) electrons. The SMILES string of the molecule is [CH2][C@@H](OC(N)=O)c1ccccc1Cl. The van der Waals surface area contributed by atoms with E-state index in [4.69, 9.17) is 17.3 Å². The molecule has 0 heterocycles. The number of hydrogen-bond acceptors (Lipinski definition) is 2. The van der Waals surface area contributed by atoms with Gasteiger partial charge in [-0.2, -0.15) is 0 Å². The molecule has 0 saturated carbocycles. The van der Waals surface area contributed by atoms with Crippen molar-refractivity contribution in [3.63, 3.8) is 0 Å². The van der Waals surface area contributed by atoms with Crippen LogP contribution in [0.15, 0.2) is 24.3 Å². The second-order valence-corrected chi connectivity index (χ2v) is 2.85. The van der Waals surface area contributed by atoms with E-state index in [1.54, 1.807) is 24.3 Å². The smallest absolute Gasteiger partial charge is 0.405 e. The Bertz CT molecular complexity index is 314. The van der Waals surface area contributed by atoms with E-state index in [0.29, 0.717) is 10.6 Å². The maximum absolute atomic E-state index is 10.4. The topological polar surface area (TPSA) is 52.3 Å². The first-order valence-corrected chi connectivity index (χ1v) is 4.02. The molecule has 1 aromatic carbocycles. The van der Waals surface area contributed by atoms with Crippen LogP contribution in [0.25, 0.3) is 0 Å². The zero-order valence-electron chi connectivity index (χ0n) is 6.87. The second-order valence-electron chi connectivity index (χ2n) is 2.45. The molecule has 0 unspecified atom stereocenters. The summed E-state index contributed by atoms with van der Waals surface area (Å²) in [6, 6.07) is 6.98. The average Bonchev–Trinajstić information content (AvgIpc) is 2.03. The largest absolute Gasteiger partial charge is 0.441 e. The zero-order chi connectivity index (χ0) is 9.84. The van der Waals surface area contributed by atoms with Crippen molar-refractivity contribution >= 4 is 17.7 Å². The molecule has 0 aromatic heterocycles. The Hall–Kier alpha value is -1.22. The lowest BCUT2D eigenvalue weighted by Gasteiger charge is -2.12. The van der Waals surface area contributed by atoms with Crippen LogP contribution in [0.1, 0.15) is 11.7 Å². The molecule has 1 rings (SSSR count). The molecule has 1 atom stereocenters. The van der Waals surface area contributed by atoms with E-state index in [1.807, 2.05) is 0 Å². The summed E-state index contributed by atoms with van der Waals surface area (Å²) in [4.78, 5) is 10.4. The summed E-state index contributed by atoms with van der Waals surface area (Å²) in [5, 5.41) is 0.503. The quantitative estimate of drug-likeness (QED) is 0.793. The van der Waals surface area contributed by atoms with Gasteiger partial charge in [0, 0.05) is 10.6 Å². The summed E-state index contributed by atoms with van der Waals surface area (Å²) in [5.74, 6) is 0. The number of carbonyl (C=O) groups excluding carboxylic acids is 1. The van der Waals surface area contributed by atoms with Crippen molar-refractivity contribution in [1.82, 2.24) is 0 Å². The molecular weight excluding hydrogens is 190 g/mol. The minimum Gasteiger partial charge on any atom is -0.441 e. The molecule has 4 heteroatoms. The van der Waals surface area contributed by atoms with Gasteiger partial charge in [-0.1, -0.05) is 29.8 Å². The van der Waals surface area contributed by atoms with Crippen molar-refractivity contribution in [2.75, 3.05) is 0 Å². The third-order valence-electron chi connectivity index (χ3n) is 1.51. The molecule has 0 aliphatic rings. The van der Waals surface area contributed by atoms with Gasteiger partial charge in [-0.05, 0) is 13.0 Å². The van der Waals surface area contributed by atoms with Gasteiger partial charge in [0.1, 0.15) is 6.10 Å². The van der Waals surface area contributed by atoms with Gasteiger partial charge >= 0.3 is 6.09 Å². The Morgan fingerprint density at radius 3 is 2.69 bits per heavy atom. The maximum atomic E-state index is 10.4. The molecule has 3 nitrogen and oxygen atoms in total. The van der Waals surface area contributed by atoms with Crippen molar-refractivity contribution in [2.45, 2.75) is 6.10 Å². The Morgan fingerprint density at radius 2 is 2.15 bits per heavy atom. The third kappa shape index (κ3) is 2.63. The van der Waals surface area contributed by atoms with Gasteiger partial charge in [0.15, 0.2) is 0 Å². The number of halogens is 1. The van der Waals surface area contributed by atoms with E-state index in [0.717, 1.165) is 0 Å². The van der Waals surface area contributed by atoms with Crippen LogP contribution in [0.5, 0.6) is 0 Å². The van der Waals surface area contributed by atoms with E-state index in [2.05, 4.69) is 11.7 Å². The molecule has 0 fully saturated rings. The van der Waals surface area contributed by atoms with Gasteiger partial charge in [0.25, 0.3) is 0 Å². The Labute approximate surface area is 81.4 Å². The van der Waals surface area contributed by atoms with E-state index in [9.17, 15) is 4.79 Å². The molecule has 0 saturated heterocycles. The predicted molar refractivity (Wildman–Crippen MR) is 50.2 cm³/mol. The monoisotopic (exact) mass is 198 g/mol. The number of nitrogens with two attached hydrogens (primary N) is 1. The van der Waals surface area contributed by atoms with E-state index in [1.165, 1.54) is 0 Å². The Balaban J connectivity index is 2.82. The van der Waals surface area contributed by atoms with E-state index in [-0.39, 0.29) is 0 Å². The van der Waals surface area contributed by atoms with Crippen LogP contribution >= 0.6 is 11.6 Å². The summed E-state index contributed by atoms with van der Waals surface area (Å²) < 4.78 is 4.66. The summed E-state index contributed by atoms with van der Waals surface area (Å²) in [6.07, 6.45) is -1.52. The fraction of sp³-hybridized carbons (Fsp3) is 0.111. The normalized spacial score (nSPS) is 12.2. The fourth-order valence-electron chi connectivity index (χ4n) is 0.940. The van der Waals surface area contributed by atoms with Crippen LogP contribution in [-0.2, 0) is 4.74 Å². The molecule has 2 N–H and O–H groups in total. The van der Waals surface area contributed by atoms with Crippen LogP contribution in [0.4, 0.5) is 4.79 Å². The molecule has 13 heavy (non-hydrogen) atoms. The lowest BCUT2D eigenvalue weighted by Crippen LogP contribution is -2.15. The first kappa shape index (κ1) is 9.86. The van der Waals surface area contributed by atoms with Crippen LogP contribution in [0, 0.1) is 6.92 Å². The summed E-state index contributed by atoms with van der Waals surface area (Å²) in [5.41, 5.74) is 5.48. The van der Waals surface area contributed by atoms with Crippen molar-refractivity contribution < 1.29 is 9.53 Å². The minimum atomic E-state index is -0.861. The van der Waals surface area contributed by atoms with Gasteiger partial charge in [-0.15, -0.1) is 0 Å². The van der Waals surface area contributed by atoms with Crippen LogP contribution < -0.4 is 5.73 Å². The molecule has 69 valence electrons. The second kappa shape index (κ2) is 4.14. The molecule has 1 amide bonds. The number of benzene rings is 1. The lowest BCUT2D eigenvalue weighted by atomic mass is 10.1. The van der Waals surface area contributed by atoms with Crippen molar-refractivity contribution in [2.24, 2.45) is 5.73 Å². The number of ether oxygens (including phenoxy) is 1. The summed E-state index contributed by atoms with van der Waals surface area (Å²) in [6.45, 7) is 3.60. The van der Waals surface area contributed by atoms with Gasteiger partial charge in [0.2, 0.25) is 0 Å². The molecule has 0 spiro atoms. The highest BCUT2D eigenvalue weighted by molar-refractivity contribution is 6.31. The van der Waals surface area contributed by atoms with Gasteiger partial charge in [-0.3, -0.25) is 0 Å². The highest BCUT2D eigenvalue weighted by Crippen LogP contribution is 2.24. The number of carbonyl (C=O) groups is 1. The van der Waals surface area contributed by atoms with Crippen molar-refractivity contribution in [3.8, 4) is 0 Å². The molecule has 0 bridgehead atoms. The first-order valence-electron chi connectivity index (χ1n) is 3.65. The van der Waals surface area contributed by atoms with E-state index >= 15 is 0 Å². The maximum Gasteiger partial charge on any atom is 0.405 e. The highest BCUT2D eigenvalue weighted by Gasteiger charge is 2.11. The first-order chi connectivity index (χ1) is 6.11. The van der Waals surface area contributed by atoms with E-state index < -0.39 is 12.2 Å². The van der Waals surface area contributed by atoms with Crippen molar-refractivity contribution in [1.29, 1.82) is 0 Å². The number of rotatable bonds is 2. The third-order valence-corrected chi connectivity index (χ3v) is 1.85. The summed E-state index contributed by atoms with van der Waals surface area (Å²) >= 11 is 5.83. The predicted octanol–water partition coefficient (Wildman–Crippen LogP) is 2.31. The number of amides is 1. The fourth-order valence-corrected chi connectivity index (χ4v) is 1.20. The zero-order valence-corrected chi connectivity index (χ0v) is 7.62. The lowest BCUT2D eigenvalue weighted by molar-refractivity contribution is 0.129.